The molecule has 208 valence electrons. The van der Waals surface area contributed by atoms with Gasteiger partial charge in [-0.3, -0.25) is 13.9 Å². The number of hydrogen-bond acceptors (Lipinski definition) is 5. The molecule has 0 radical (unpaired) electrons. The monoisotopic (exact) mass is 663 g/mol. The zero-order chi connectivity index (χ0) is 28.6. The Morgan fingerprint density at radius 3 is 2.23 bits per heavy atom. The van der Waals surface area contributed by atoms with E-state index in [1.807, 2.05) is 32.9 Å². The van der Waals surface area contributed by atoms with E-state index in [1.54, 1.807) is 61.7 Å². The fraction of sp³-hybridized carbons (Fsp3) is 0.310. The van der Waals surface area contributed by atoms with Crippen LogP contribution in [0.3, 0.4) is 0 Å². The Labute approximate surface area is 244 Å². The predicted octanol–water partition coefficient (Wildman–Crippen LogP) is 4.83. The van der Waals surface area contributed by atoms with E-state index in [4.69, 9.17) is 4.74 Å². The minimum absolute atomic E-state index is 0.0697. The van der Waals surface area contributed by atoms with Crippen LogP contribution in [0.15, 0.2) is 83.8 Å². The van der Waals surface area contributed by atoms with E-state index < -0.39 is 28.5 Å². The van der Waals surface area contributed by atoms with Crippen molar-refractivity contribution in [2.75, 3.05) is 18.0 Å². The van der Waals surface area contributed by atoms with Gasteiger partial charge in [-0.25, -0.2) is 8.42 Å². The molecule has 10 heteroatoms. The summed E-state index contributed by atoms with van der Waals surface area (Å²) in [5, 5.41) is 2.89. The van der Waals surface area contributed by atoms with Crippen LogP contribution >= 0.6 is 22.6 Å². The van der Waals surface area contributed by atoms with E-state index >= 15 is 0 Å². The fourth-order valence-corrected chi connectivity index (χ4v) is 5.92. The summed E-state index contributed by atoms with van der Waals surface area (Å²) >= 11 is 2.14. The van der Waals surface area contributed by atoms with Gasteiger partial charge in [0.25, 0.3) is 10.0 Å². The SMILES string of the molecule is CC[C@@H](C(=O)NC(C)C)N(Cc1cccc(OC)c1)C(=O)CN(c1ccc(I)cc1)S(=O)(=O)c1ccccc1. The van der Waals surface area contributed by atoms with Crippen LogP contribution in [0.2, 0.25) is 0 Å². The Balaban J connectivity index is 2.05. The molecule has 0 spiro atoms. The molecule has 3 rings (SSSR count). The van der Waals surface area contributed by atoms with Crippen LogP contribution in [0.25, 0.3) is 0 Å². The highest BCUT2D eigenvalue weighted by molar-refractivity contribution is 14.1. The first kappa shape index (κ1) is 30.4. The Kier molecular flexibility index (Phi) is 10.8. The number of carbonyl (C=O) groups is 2. The van der Waals surface area contributed by atoms with Gasteiger partial charge in [-0.1, -0.05) is 37.3 Å². The Morgan fingerprint density at radius 1 is 0.974 bits per heavy atom. The second kappa shape index (κ2) is 13.8. The number of ether oxygens (including phenoxy) is 1. The summed E-state index contributed by atoms with van der Waals surface area (Å²) in [7, 11) is -2.53. The van der Waals surface area contributed by atoms with Crippen LogP contribution in [-0.2, 0) is 26.2 Å². The Hall–Kier alpha value is -3.12. The van der Waals surface area contributed by atoms with Gasteiger partial charge in [0.15, 0.2) is 0 Å². The van der Waals surface area contributed by atoms with E-state index in [1.165, 1.54) is 17.0 Å². The molecule has 0 saturated carbocycles. The Bertz CT molecular complexity index is 1370. The van der Waals surface area contributed by atoms with Crippen molar-refractivity contribution in [3.05, 3.63) is 88.0 Å². The quantitative estimate of drug-likeness (QED) is 0.281. The van der Waals surface area contributed by atoms with E-state index in [2.05, 4.69) is 27.9 Å². The molecule has 0 heterocycles. The molecule has 2 amide bonds. The predicted molar refractivity (Wildman–Crippen MR) is 161 cm³/mol. The molecule has 8 nitrogen and oxygen atoms in total. The molecule has 0 fully saturated rings. The van der Waals surface area contributed by atoms with Crippen molar-refractivity contribution in [1.29, 1.82) is 0 Å². The summed E-state index contributed by atoms with van der Waals surface area (Å²) < 4.78 is 35.0. The molecule has 1 N–H and O–H groups in total. The first-order valence-corrected chi connectivity index (χ1v) is 15.1. The number of nitrogens with one attached hydrogen (secondary N) is 1. The number of hydrogen-bond donors (Lipinski definition) is 1. The van der Waals surface area contributed by atoms with Gasteiger partial charge in [-0.2, -0.15) is 0 Å². The van der Waals surface area contributed by atoms with Gasteiger partial charge < -0.3 is 15.0 Å². The lowest BCUT2D eigenvalue weighted by Crippen LogP contribution is -2.53. The zero-order valence-electron chi connectivity index (χ0n) is 22.5. The maximum absolute atomic E-state index is 14.0. The molecule has 0 unspecified atom stereocenters. The maximum atomic E-state index is 14.0. The normalized spacial score (nSPS) is 12.1. The third kappa shape index (κ3) is 7.95. The molecule has 0 saturated heterocycles. The third-order valence-corrected chi connectivity index (χ3v) is 8.54. The van der Waals surface area contributed by atoms with Crippen molar-refractivity contribution in [2.24, 2.45) is 0 Å². The van der Waals surface area contributed by atoms with Crippen LogP contribution in [0, 0.1) is 3.57 Å². The van der Waals surface area contributed by atoms with Crippen molar-refractivity contribution < 1.29 is 22.7 Å². The van der Waals surface area contributed by atoms with Crippen molar-refractivity contribution >= 4 is 50.1 Å². The van der Waals surface area contributed by atoms with Gasteiger partial charge in [0, 0.05) is 16.2 Å². The summed E-state index contributed by atoms with van der Waals surface area (Å²) in [4.78, 5) is 28.7. The smallest absolute Gasteiger partial charge is 0.264 e. The van der Waals surface area contributed by atoms with Gasteiger partial charge in [-0.05, 0) is 97.0 Å². The average Bonchev–Trinajstić information content (AvgIpc) is 2.92. The maximum Gasteiger partial charge on any atom is 0.264 e. The van der Waals surface area contributed by atoms with Gasteiger partial charge in [0.05, 0.1) is 17.7 Å². The molecule has 0 aliphatic heterocycles. The van der Waals surface area contributed by atoms with Crippen molar-refractivity contribution in [3.8, 4) is 5.75 Å². The van der Waals surface area contributed by atoms with Gasteiger partial charge >= 0.3 is 0 Å². The van der Waals surface area contributed by atoms with E-state index in [0.29, 0.717) is 17.9 Å². The summed E-state index contributed by atoms with van der Waals surface area (Å²) in [5.74, 6) is -0.177. The molecule has 0 bridgehead atoms. The van der Waals surface area contributed by atoms with E-state index in [0.717, 1.165) is 13.4 Å². The van der Waals surface area contributed by atoms with Crippen LogP contribution in [-0.4, -0.2) is 50.9 Å². The second-order valence-electron chi connectivity index (χ2n) is 9.26. The summed E-state index contributed by atoms with van der Waals surface area (Å²) in [6.45, 7) is 5.15. The molecular weight excluding hydrogens is 629 g/mol. The number of anilines is 1. The molecule has 0 aliphatic carbocycles. The van der Waals surface area contributed by atoms with Crippen LogP contribution < -0.4 is 14.4 Å². The minimum Gasteiger partial charge on any atom is -0.497 e. The summed E-state index contributed by atoms with van der Waals surface area (Å²) in [5.41, 5.74) is 1.11. The lowest BCUT2D eigenvalue weighted by molar-refractivity contribution is -0.140. The van der Waals surface area contributed by atoms with Crippen molar-refractivity contribution in [2.45, 2.75) is 50.7 Å². The third-order valence-electron chi connectivity index (χ3n) is 6.03. The number of benzene rings is 3. The number of nitrogens with zero attached hydrogens (tertiary/aromatic N) is 2. The number of sulfonamides is 1. The molecule has 3 aromatic carbocycles. The Morgan fingerprint density at radius 2 is 1.64 bits per heavy atom. The zero-order valence-corrected chi connectivity index (χ0v) is 25.5. The molecule has 1 atom stereocenters. The first-order valence-electron chi connectivity index (χ1n) is 12.6. The summed E-state index contributed by atoms with van der Waals surface area (Å²) in [6.07, 6.45) is 0.350. The number of amides is 2. The van der Waals surface area contributed by atoms with E-state index in [-0.39, 0.29) is 23.4 Å². The van der Waals surface area contributed by atoms with Crippen LogP contribution in [0.1, 0.15) is 32.8 Å². The number of halogens is 1. The van der Waals surface area contributed by atoms with Gasteiger partial charge in [0.1, 0.15) is 18.3 Å². The molecule has 0 aliphatic rings. The lowest BCUT2D eigenvalue weighted by Gasteiger charge is -2.33. The molecule has 0 aromatic heterocycles. The largest absolute Gasteiger partial charge is 0.497 e. The number of carbonyl (C=O) groups excluding carboxylic acids is 2. The van der Waals surface area contributed by atoms with E-state index in [9.17, 15) is 18.0 Å². The van der Waals surface area contributed by atoms with Gasteiger partial charge in [0.2, 0.25) is 11.8 Å². The highest BCUT2D eigenvalue weighted by Crippen LogP contribution is 2.26. The summed E-state index contributed by atoms with van der Waals surface area (Å²) in [6, 6.07) is 21.2. The fourth-order valence-electron chi connectivity index (χ4n) is 4.12. The molecular formula is C29H34IN3O5S. The lowest BCUT2D eigenvalue weighted by atomic mass is 10.1. The molecule has 3 aromatic rings. The number of rotatable bonds is 12. The average molecular weight is 664 g/mol. The highest BCUT2D eigenvalue weighted by Gasteiger charge is 2.33. The molecule has 39 heavy (non-hydrogen) atoms. The first-order chi connectivity index (χ1) is 18.6. The second-order valence-corrected chi connectivity index (χ2v) is 12.4. The number of methoxy groups -OCH3 is 1. The highest BCUT2D eigenvalue weighted by atomic mass is 127. The minimum atomic E-state index is -4.09. The van der Waals surface area contributed by atoms with Crippen LogP contribution in [0.5, 0.6) is 5.75 Å². The van der Waals surface area contributed by atoms with Gasteiger partial charge in [-0.15, -0.1) is 0 Å². The standard InChI is InChI=1S/C29H34IN3O5S/c1-5-27(29(35)31-21(2)3)32(19-22-10-9-11-25(18-22)38-4)28(34)20-33(24-16-14-23(30)15-17-24)39(36,37)26-12-7-6-8-13-26/h6-18,21,27H,5,19-20H2,1-4H3,(H,31,35)/t27-/m0/s1. The van der Waals surface area contributed by atoms with Crippen molar-refractivity contribution in [1.82, 2.24) is 10.2 Å². The topological polar surface area (TPSA) is 96.0 Å². The van der Waals surface area contributed by atoms with Crippen LogP contribution in [0.4, 0.5) is 5.69 Å². The van der Waals surface area contributed by atoms with Crippen molar-refractivity contribution in [3.63, 3.8) is 0 Å².